The van der Waals surface area contributed by atoms with Crippen molar-refractivity contribution >= 4 is 46.9 Å². The lowest BCUT2D eigenvalue weighted by atomic mass is 9.97. The van der Waals surface area contributed by atoms with Crippen molar-refractivity contribution in [1.82, 2.24) is 15.5 Å². The summed E-state index contributed by atoms with van der Waals surface area (Å²) < 4.78 is 0. The average Bonchev–Trinajstić information content (AvgIpc) is 2.90. The molecule has 3 amide bonds. The topological polar surface area (TPSA) is 186 Å². The van der Waals surface area contributed by atoms with E-state index < -0.39 is 64.0 Å². The Hall–Kier alpha value is -4.23. The molecule has 13 heteroatoms. The van der Waals surface area contributed by atoms with Gasteiger partial charge >= 0.3 is 5.97 Å². The Kier molecular flexibility index (Phi) is 7.78. The summed E-state index contributed by atoms with van der Waals surface area (Å²) in [6.07, 6.45) is 2.04. The van der Waals surface area contributed by atoms with Crippen molar-refractivity contribution in [3.63, 3.8) is 0 Å². The molecule has 12 nitrogen and oxygen atoms in total. The molecule has 0 spiro atoms. The fourth-order valence-electron chi connectivity index (χ4n) is 4.23. The highest BCUT2D eigenvalue weighted by atomic mass is 32.2. The van der Waals surface area contributed by atoms with Crippen molar-refractivity contribution in [3.05, 3.63) is 70.6 Å². The summed E-state index contributed by atoms with van der Waals surface area (Å²) >= 11 is 1.31. The maximum atomic E-state index is 13.5. The van der Waals surface area contributed by atoms with Crippen molar-refractivity contribution in [2.24, 2.45) is 4.99 Å². The smallest absolute Gasteiger partial charge is 0.352 e. The number of carbonyl (C=O) groups is 5. The molecule has 2 aliphatic heterocycles. The van der Waals surface area contributed by atoms with Gasteiger partial charge < -0.3 is 26.0 Å². The minimum absolute atomic E-state index is 0.108. The van der Waals surface area contributed by atoms with Gasteiger partial charge in [0.2, 0.25) is 11.7 Å². The fourth-order valence-corrected chi connectivity index (χ4v) is 5.52. The van der Waals surface area contributed by atoms with Gasteiger partial charge in [-0.2, -0.15) is 0 Å². The largest absolute Gasteiger partial charge is 0.507 e. The number of aliphatic hydroxyl groups is 2. The number of carboxylic acids is 1. The molecule has 1 fully saturated rings. The molecule has 0 bridgehead atoms. The standard InChI is InChI=1S/C25H24N4O8S/c1-12-11-38-24-19(23(35)29(24)20(12)25(36)37)28-22(34)17(13-5-3-2-4-6-13)27-18-15(32)8-7-14(31)16(18)21(33)26-9-10-30/h2-8,17,19,24,30-31H,9-11H2,1H3,(H,26,33)(H,28,34)(H,36,37)/t17-,19-,24-/m1/s1. The van der Waals surface area contributed by atoms with Gasteiger partial charge in [-0.3, -0.25) is 29.1 Å². The highest BCUT2D eigenvalue weighted by Gasteiger charge is 2.54. The number of ketones is 1. The van der Waals surface area contributed by atoms with Crippen LogP contribution in [0.5, 0.6) is 0 Å². The molecule has 0 aromatic heterocycles. The second kappa shape index (κ2) is 11.0. The van der Waals surface area contributed by atoms with E-state index in [0.29, 0.717) is 16.9 Å². The number of benzene rings is 1. The summed E-state index contributed by atoms with van der Waals surface area (Å²) in [5.41, 5.74) is -0.156. The lowest BCUT2D eigenvalue weighted by molar-refractivity contribution is -0.150. The number of fused-ring (bicyclic) bond motifs is 1. The minimum Gasteiger partial charge on any atom is -0.507 e. The number of carboxylic acid groups (broad SMARTS) is 1. The molecule has 2 heterocycles. The number of hydrogen-bond acceptors (Lipinski definition) is 9. The Balaban J connectivity index is 1.66. The number of aliphatic imine (C=N–C) groups is 1. The zero-order chi connectivity index (χ0) is 27.6. The van der Waals surface area contributed by atoms with Crippen LogP contribution in [0.1, 0.15) is 18.5 Å². The van der Waals surface area contributed by atoms with E-state index in [9.17, 15) is 34.2 Å². The number of aliphatic carboxylic acids is 1. The molecule has 0 saturated carbocycles. The number of nitrogens with zero attached hydrogens (tertiary/aromatic N) is 2. The molecular weight excluding hydrogens is 516 g/mol. The van der Waals surface area contributed by atoms with Crippen LogP contribution >= 0.6 is 11.8 Å². The fraction of sp³-hybridized carbons (Fsp3) is 0.280. The summed E-state index contributed by atoms with van der Waals surface area (Å²) in [6.45, 7) is 1.10. The monoisotopic (exact) mass is 540 g/mol. The molecular formula is C25H24N4O8S. The van der Waals surface area contributed by atoms with Crippen LogP contribution in [0.2, 0.25) is 0 Å². The van der Waals surface area contributed by atoms with Gasteiger partial charge in [0.25, 0.3) is 11.8 Å². The zero-order valence-electron chi connectivity index (χ0n) is 20.1. The first-order chi connectivity index (χ1) is 18.1. The number of rotatable bonds is 8. The summed E-state index contributed by atoms with van der Waals surface area (Å²) in [5.74, 6) is -4.37. The van der Waals surface area contributed by atoms with Crippen molar-refractivity contribution in [3.8, 4) is 0 Å². The van der Waals surface area contributed by atoms with E-state index in [1.807, 2.05) is 0 Å². The average molecular weight is 541 g/mol. The normalized spacial score (nSPS) is 22.7. The molecule has 5 N–H and O–H groups in total. The number of allylic oxidation sites excluding steroid dienone is 2. The van der Waals surface area contributed by atoms with Gasteiger partial charge in [-0.1, -0.05) is 30.3 Å². The van der Waals surface area contributed by atoms with Crippen LogP contribution in [0.25, 0.3) is 0 Å². The van der Waals surface area contributed by atoms with Gasteiger partial charge in [-0.15, -0.1) is 11.8 Å². The zero-order valence-corrected chi connectivity index (χ0v) is 20.9. The third-order valence-electron chi connectivity index (χ3n) is 6.02. The number of nitrogens with one attached hydrogen (secondary N) is 2. The van der Waals surface area contributed by atoms with E-state index in [4.69, 9.17) is 5.11 Å². The highest BCUT2D eigenvalue weighted by Crippen LogP contribution is 2.40. The number of carbonyl (C=O) groups excluding carboxylic acids is 4. The molecule has 3 aliphatic rings. The Morgan fingerprint density at radius 2 is 1.89 bits per heavy atom. The van der Waals surface area contributed by atoms with Gasteiger partial charge in [0.1, 0.15) is 34.2 Å². The Morgan fingerprint density at radius 3 is 2.55 bits per heavy atom. The van der Waals surface area contributed by atoms with E-state index in [-0.39, 0.29) is 18.8 Å². The van der Waals surface area contributed by atoms with Gasteiger partial charge in [-0.25, -0.2) is 4.79 Å². The molecule has 198 valence electrons. The van der Waals surface area contributed by atoms with E-state index in [2.05, 4.69) is 15.6 Å². The molecule has 1 aromatic rings. The van der Waals surface area contributed by atoms with Gasteiger partial charge in [0, 0.05) is 12.3 Å². The predicted octanol–water partition coefficient (Wildman–Crippen LogP) is -0.0133. The number of thioether (sulfide) groups is 1. The number of β-lactam (4-membered cyclic amide) rings is 1. The van der Waals surface area contributed by atoms with Gasteiger partial charge in [0.15, 0.2) is 6.04 Å². The Morgan fingerprint density at radius 1 is 1.18 bits per heavy atom. The first kappa shape index (κ1) is 26.8. The summed E-state index contributed by atoms with van der Waals surface area (Å²) in [5, 5.41) is 33.2. The maximum absolute atomic E-state index is 13.5. The van der Waals surface area contributed by atoms with Crippen LogP contribution in [0.3, 0.4) is 0 Å². The quantitative estimate of drug-likeness (QED) is 0.223. The van der Waals surface area contributed by atoms with Crippen LogP contribution in [0.4, 0.5) is 0 Å². The highest BCUT2D eigenvalue weighted by molar-refractivity contribution is 8.00. The SMILES string of the molecule is CC1=C(C(=O)O)N2C(=O)[C@@H](NC(=O)[C@H](N=C3C(=O)C=CC(O)=C3C(=O)NCCO)c3ccccc3)[C@H]2SC1. The Labute approximate surface area is 220 Å². The lowest BCUT2D eigenvalue weighted by Gasteiger charge is -2.49. The van der Waals surface area contributed by atoms with Crippen LogP contribution < -0.4 is 10.6 Å². The molecule has 0 unspecified atom stereocenters. The number of aliphatic hydroxyl groups excluding tert-OH is 2. The second-order valence-corrected chi connectivity index (χ2v) is 9.66. The Bertz CT molecular complexity index is 1330. The predicted molar refractivity (Wildman–Crippen MR) is 136 cm³/mol. The van der Waals surface area contributed by atoms with Crippen molar-refractivity contribution in [2.75, 3.05) is 18.9 Å². The van der Waals surface area contributed by atoms with Gasteiger partial charge in [-0.05, 0) is 30.2 Å². The third-order valence-corrected chi connectivity index (χ3v) is 7.45. The molecule has 38 heavy (non-hydrogen) atoms. The summed E-state index contributed by atoms with van der Waals surface area (Å²) in [7, 11) is 0. The van der Waals surface area contributed by atoms with Crippen molar-refractivity contribution in [1.29, 1.82) is 0 Å². The number of hydrogen-bond donors (Lipinski definition) is 5. The van der Waals surface area contributed by atoms with Crippen LogP contribution in [-0.4, -0.2) is 85.7 Å². The van der Waals surface area contributed by atoms with Gasteiger partial charge in [0.05, 0.1) is 6.61 Å². The van der Waals surface area contributed by atoms with E-state index >= 15 is 0 Å². The van der Waals surface area contributed by atoms with Crippen LogP contribution in [0, 0.1) is 0 Å². The van der Waals surface area contributed by atoms with Crippen LogP contribution in [0.15, 0.2) is 70.1 Å². The molecule has 0 radical (unpaired) electrons. The van der Waals surface area contributed by atoms with E-state index in [1.54, 1.807) is 37.3 Å². The first-order valence-corrected chi connectivity index (χ1v) is 12.6. The summed E-state index contributed by atoms with van der Waals surface area (Å²) in [4.78, 5) is 68.8. The maximum Gasteiger partial charge on any atom is 0.352 e. The van der Waals surface area contributed by atoms with E-state index in [0.717, 1.165) is 17.1 Å². The van der Waals surface area contributed by atoms with Crippen LogP contribution in [-0.2, 0) is 24.0 Å². The lowest BCUT2D eigenvalue weighted by Crippen LogP contribution is -2.70. The van der Waals surface area contributed by atoms with Crippen molar-refractivity contribution < 1.29 is 39.3 Å². The summed E-state index contributed by atoms with van der Waals surface area (Å²) in [6, 6.07) is 5.72. The van der Waals surface area contributed by atoms with E-state index in [1.165, 1.54) is 11.8 Å². The second-order valence-electron chi connectivity index (χ2n) is 8.56. The molecule has 1 saturated heterocycles. The van der Waals surface area contributed by atoms with Crippen molar-refractivity contribution in [2.45, 2.75) is 24.4 Å². The number of amides is 3. The molecule has 1 aliphatic carbocycles. The molecule has 4 rings (SSSR count). The first-order valence-electron chi connectivity index (χ1n) is 11.5. The third kappa shape index (κ3) is 4.97. The minimum atomic E-state index is -1.39. The molecule has 1 aromatic carbocycles. The molecule has 3 atom stereocenters.